The molecule has 2 aromatic heterocycles. The van der Waals surface area contributed by atoms with Crippen LogP contribution in [-0.4, -0.2) is 54.0 Å². The summed E-state index contributed by atoms with van der Waals surface area (Å²) in [7, 11) is 3.04. The maximum Gasteiger partial charge on any atom is 0.316 e. The number of carbonyl (C=O) groups excluding carboxylic acids is 3. The molecule has 9 nitrogen and oxygen atoms in total. The number of hydrogen-bond acceptors (Lipinski definition) is 3. The van der Waals surface area contributed by atoms with E-state index in [1.54, 1.807) is 0 Å². The Labute approximate surface area is 196 Å². The van der Waals surface area contributed by atoms with E-state index in [2.05, 4.69) is 31.2 Å². The van der Waals surface area contributed by atoms with Crippen LogP contribution >= 0.6 is 0 Å². The van der Waals surface area contributed by atoms with Crippen molar-refractivity contribution in [2.75, 3.05) is 14.1 Å². The van der Waals surface area contributed by atoms with E-state index in [-0.39, 0.29) is 11.8 Å². The van der Waals surface area contributed by atoms with Gasteiger partial charge in [-0.15, -0.1) is 0 Å². The number of rotatable bonds is 8. The number of benzene rings is 2. The van der Waals surface area contributed by atoms with Crippen molar-refractivity contribution in [1.29, 1.82) is 0 Å². The largest absolute Gasteiger partial charge is 0.361 e. The molecule has 0 unspecified atom stereocenters. The fraction of sp³-hybridized carbons (Fsp3) is 0.240. The molecule has 2 atom stereocenters. The molecule has 0 fully saturated rings. The van der Waals surface area contributed by atoms with Crippen molar-refractivity contribution in [3.05, 3.63) is 72.1 Å². The van der Waals surface area contributed by atoms with Crippen LogP contribution in [0.1, 0.15) is 11.1 Å². The molecule has 176 valence electrons. The first-order chi connectivity index (χ1) is 16.5. The van der Waals surface area contributed by atoms with E-state index >= 15 is 0 Å². The molecule has 2 heterocycles. The number of aromatic nitrogens is 2. The van der Waals surface area contributed by atoms with Crippen molar-refractivity contribution in [1.82, 2.24) is 31.2 Å². The molecular formula is C25H28N6O3. The SMILES string of the molecule is CNC(=O)[C@@H](Cc1c[nH]c2ccccc12)NC(=O)N[C@H](Cc1c[nH]c2ccccc12)C(=O)NC. The Morgan fingerprint density at radius 1 is 0.706 bits per heavy atom. The summed E-state index contributed by atoms with van der Waals surface area (Å²) in [5, 5.41) is 12.6. The molecule has 0 saturated carbocycles. The Balaban J connectivity index is 1.49. The highest BCUT2D eigenvalue weighted by Crippen LogP contribution is 2.20. The normalized spacial score (nSPS) is 12.8. The second-order valence-corrected chi connectivity index (χ2v) is 8.08. The number of fused-ring (bicyclic) bond motifs is 2. The Kier molecular flexibility index (Phi) is 6.82. The zero-order valence-electron chi connectivity index (χ0n) is 19.1. The molecule has 34 heavy (non-hydrogen) atoms. The zero-order valence-corrected chi connectivity index (χ0v) is 19.1. The van der Waals surface area contributed by atoms with Gasteiger partial charge in [-0.2, -0.15) is 0 Å². The third-order valence-corrected chi connectivity index (χ3v) is 5.93. The zero-order chi connectivity index (χ0) is 24.1. The molecule has 4 rings (SSSR count). The standard InChI is InChI=1S/C25H28N6O3/c1-26-23(32)21(11-15-13-28-19-9-5-3-7-17(15)19)30-25(34)31-22(24(33)27-2)12-16-14-29-20-10-6-4-8-18(16)20/h3-10,13-14,21-22,28-29H,11-12H2,1-2H3,(H,26,32)(H,27,33)(H2,30,31,34)/t21-,22-/m1/s1. The van der Waals surface area contributed by atoms with Gasteiger partial charge in [0.25, 0.3) is 0 Å². The third-order valence-electron chi connectivity index (χ3n) is 5.93. The van der Waals surface area contributed by atoms with Gasteiger partial charge in [-0.3, -0.25) is 9.59 Å². The van der Waals surface area contributed by atoms with E-state index in [0.717, 1.165) is 32.9 Å². The molecule has 6 N–H and O–H groups in total. The topological polar surface area (TPSA) is 131 Å². The van der Waals surface area contributed by atoms with Crippen LogP contribution in [0.15, 0.2) is 60.9 Å². The highest BCUT2D eigenvalue weighted by atomic mass is 16.2. The van der Waals surface area contributed by atoms with E-state index in [9.17, 15) is 14.4 Å². The van der Waals surface area contributed by atoms with Gasteiger partial charge in [0.2, 0.25) is 11.8 Å². The molecule has 0 spiro atoms. The number of nitrogens with one attached hydrogen (secondary N) is 6. The van der Waals surface area contributed by atoms with Gasteiger partial charge >= 0.3 is 6.03 Å². The van der Waals surface area contributed by atoms with E-state index in [4.69, 9.17) is 0 Å². The van der Waals surface area contributed by atoms with Crippen molar-refractivity contribution < 1.29 is 14.4 Å². The second kappa shape index (κ2) is 10.1. The summed E-state index contributed by atoms with van der Waals surface area (Å²) in [6.07, 6.45) is 4.27. The number of carbonyl (C=O) groups is 3. The molecule has 0 bridgehead atoms. The first-order valence-electron chi connectivity index (χ1n) is 11.1. The molecule has 4 aromatic rings. The van der Waals surface area contributed by atoms with Crippen LogP contribution in [-0.2, 0) is 22.4 Å². The van der Waals surface area contributed by atoms with Gasteiger partial charge in [-0.1, -0.05) is 36.4 Å². The number of urea groups is 1. The minimum absolute atomic E-state index is 0.296. The van der Waals surface area contributed by atoms with Gasteiger partial charge in [-0.25, -0.2) is 4.79 Å². The summed E-state index contributed by atoms with van der Waals surface area (Å²) in [5.41, 5.74) is 3.73. The van der Waals surface area contributed by atoms with Crippen LogP contribution in [0.5, 0.6) is 0 Å². The smallest absolute Gasteiger partial charge is 0.316 e. The molecule has 0 aliphatic heterocycles. The minimum atomic E-state index is -0.817. The van der Waals surface area contributed by atoms with Crippen molar-refractivity contribution in [2.24, 2.45) is 0 Å². The lowest BCUT2D eigenvalue weighted by Crippen LogP contribution is -2.55. The number of aromatic amines is 2. The molecule has 0 radical (unpaired) electrons. The minimum Gasteiger partial charge on any atom is -0.361 e. The Bertz CT molecular complexity index is 1220. The molecule has 2 aromatic carbocycles. The van der Waals surface area contributed by atoms with E-state index < -0.39 is 18.1 Å². The first kappa shape index (κ1) is 22.9. The number of likely N-dealkylation sites (N-methyl/N-ethyl adjacent to an activating group) is 2. The fourth-order valence-corrected chi connectivity index (χ4v) is 4.17. The first-order valence-corrected chi connectivity index (χ1v) is 11.1. The van der Waals surface area contributed by atoms with Crippen LogP contribution in [0.2, 0.25) is 0 Å². The summed E-state index contributed by atoms with van der Waals surface area (Å²) in [6.45, 7) is 0. The number of amides is 4. The number of para-hydroxylation sites is 2. The monoisotopic (exact) mass is 460 g/mol. The van der Waals surface area contributed by atoms with Crippen molar-refractivity contribution >= 4 is 39.7 Å². The van der Waals surface area contributed by atoms with Gasteiger partial charge in [-0.05, 0) is 23.3 Å². The van der Waals surface area contributed by atoms with Gasteiger partial charge in [0.05, 0.1) is 0 Å². The van der Waals surface area contributed by atoms with Crippen molar-refractivity contribution in [2.45, 2.75) is 24.9 Å². The maximum atomic E-state index is 12.9. The van der Waals surface area contributed by atoms with E-state index in [1.165, 1.54) is 14.1 Å². The molecular weight excluding hydrogens is 432 g/mol. The Morgan fingerprint density at radius 3 is 1.53 bits per heavy atom. The highest BCUT2D eigenvalue weighted by molar-refractivity contribution is 5.92. The number of H-pyrrole nitrogens is 2. The van der Waals surface area contributed by atoms with Gasteiger partial charge < -0.3 is 31.2 Å². The van der Waals surface area contributed by atoms with Gasteiger partial charge in [0.15, 0.2) is 0 Å². The summed E-state index contributed by atoms with van der Waals surface area (Å²) in [6, 6.07) is 13.3. The summed E-state index contributed by atoms with van der Waals surface area (Å²) < 4.78 is 0. The number of hydrogen-bond donors (Lipinski definition) is 6. The Morgan fingerprint density at radius 2 is 1.12 bits per heavy atom. The van der Waals surface area contributed by atoms with Crippen LogP contribution in [0.4, 0.5) is 4.79 Å². The maximum absolute atomic E-state index is 12.9. The predicted octanol–water partition coefficient (Wildman–Crippen LogP) is 1.96. The van der Waals surface area contributed by atoms with Crippen LogP contribution in [0.25, 0.3) is 21.8 Å². The van der Waals surface area contributed by atoms with Crippen LogP contribution < -0.4 is 21.3 Å². The van der Waals surface area contributed by atoms with E-state index in [1.807, 2.05) is 60.9 Å². The van der Waals surface area contributed by atoms with Gasteiger partial charge in [0.1, 0.15) is 12.1 Å². The molecule has 0 aliphatic rings. The lowest BCUT2D eigenvalue weighted by molar-refractivity contribution is -0.122. The van der Waals surface area contributed by atoms with E-state index in [0.29, 0.717) is 12.8 Å². The molecule has 9 heteroatoms. The molecule has 0 saturated heterocycles. The van der Waals surface area contributed by atoms with Crippen molar-refractivity contribution in [3.8, 4) is 0 Å². The summed E-state index contributed by atoms with van der Waals surface area (Å²) >= 11 is 0. The lowest BCUT2D eigenvalue weighted by Gasteiger charge is -2.21. The third kappa shape index (κ3) is 4.88. The average molecular weight is 461 g/mol. The second-order valence-electron chi connectivity index (χ2n) is 8.08. The quantitative estimate of drug-likeness (QED) is 0.240. The lowest BCUT2D eigenvalue weighted by atomic mass is 10.0. The Hall–Kier alpha value is -4.27. The van der Waals surface area contributed by atoms with Gasteiger partial charge in [0, 0.05) is 61.1 Å². The highest BCUT2D eigenvalue weighted by Gasteiger charge is 2.26. The van der Waals surface area contributed by atoms with Crippen molar-refractivity contribution in [3.63, 3.8) is 0 Å². The average Bonchev–Trinajstić information content (AvgIpc) is 3.46. The fourth-order valence-electron chi connectivity index (χ4n) is 4.17. The van der Waals surface area contributed by atoms with Crippen LogP contribution in [0.3, 0.4) is 0 Å². The summed E-state index contributed by atoms with van der Waals surface area (Å²) in [4.78, 5) is 44.3. The molecule has 4 amide bonds. The summed E-state index contributed by atoms with van der Waals surface area (Å²) in [5.74, 6) is -0.651. The molecule has 0 aliphatic carbocycles. The predicted molar refractivity (Wildman–Crippen MR) is 131 cm³/mol. The van der Waals surface area contributed by atoms with Crippen LogP contribution in [0, 0.1) is 0 Å².